The van der Waals surface area contributed by atoms with Gasteiger partial charge in [0.25, 0.3) is 0 Å². The fourth-order valence-corrected chi connectivity index (χ4v) is 3.02. The van der Waals surface area contributed by atoms with E-state index in [0.717, 1.165) is 11.3 Å². The van der Waals surface area contributed by atoms with Gasteiger partial charge < -0.3 is 10.5 Å². The van der Waals surface area contributed by atoms with Crippen LogP contribution in [-0.2, 0) is 0 Å². The summed E-state index contributed by atoms with van der Waals surface area (Å²) >= 11 is 1.47. The van der Waals surface area contributed by atoms with E-state index < -0.39 is 0 Å². The number of nitrogens with zero attached hydrogens (tertiary/aromatic N) is 2. The predicted octanol–water partition coefficient (Wildman–Crippen LogP) is 1.95. The summed E-state index contributed by atoms with van der Waals surface area (Å²) in [5.74, 6) is 1.45. The minimum atomic E-state index is -0.189. The standard InChI is InChI=1S/C14H20N4O2S/c1-9(2)18-13(19)16-17-14(18)21-8-12(15)10-4-6-11(20-3)7-5-10/h4-7,9,12H,8,15H2,1-3H3,(H,16,19). The summed E-state index contributed by atoms with van der Waals surface area (Å²) in [4.78, 5) is 11.7. The van der Waals surface area contributed by atoms with E-state index in [0.29, 0.717) is 10.9 Å². The SMILES string of the molecule is COc1ccc(C(N)CSc2n[nH]c(=O)n2C(C)C)cc1. The van der Waals surface area contributed by atoms with Crippen LogP contribution < -0.4 is 16.2 Å². The van der Waals surface area contributed by atoms with Crippen molar-refractivity contribution in [1.29, 1.82) is 0 Å². The number of ether oxygens (including phenoxy) is 1. The molecule has 2 aromatic rings. The van der Waals surface area contributed by atoms with E-state index in [1.165, 1.54) is 11.8 Å². The third-order valence-electron chi connectivity index (χ3n) is 3.12. The molecule has 0 radical (unpaired) electrons. The van der Waals surface area contributed by atoms with Crippen LogP contribution in [0.2, 0.25) is 0 Å². The maximum atomic E-state index is 11.7. The zero-order valence-corrected chi connectivity index (χ0v) is 13.2. The van der Waals surface area contributed by atoms with Crippen molar-refractivity contribution < 1.29 is 4.74 Å². The van der Waals surface area contributed by atoms with Gasteiger partial charge in [0.05, 0.1) is 7.11 Å². The highest BCUT2D eigenvalue weighted by molar-refractivity contribution is 7.99. The first-order valence-corrected chi connectivity index (χ1v) is 7.70. The molecule has 6 nitrogen and oxygen atoms in total. The molecule has 1 unspecified atom stereocenters. The molecule has 0 amide bonds. The van der Waals surface area contributed by atoms with Gasteiger partial charge in [0.1, 0.15) is 5.75 Å². The van der Waals surface area contributed by atoms with E-state index in [-0.39, 0.29) is 17.8 Å². The molecular weight excluding hydrogens is 288 g/mol. The number of hydrogen-bond donors (Lipinski definition) is 2. The van der Waals surface area contributed by atoms with Crippen molar-refractivity contribution in [2.45, 2.75) is 31.1 Å². The molecule has 0 aliphatic carbocycles. The van der Waals surface area contributed by atoms with Crippen molar-refractivity contribution >= 4 is 11.8 Å². The number of nitrogens with two attached hydrogens (primary N) is 1. The van der Waals surface area contributed by atoms with Crippen molar-refractivity contribution in [3.63, 3.8) is 0 Å². The molecule has 21 heavy (non-hydrogen) atoms. The Morgan fingerprint density at radius 2 is 2.05 bits per heavy atom. The van der Waals surface area contributed by atoms with Crippen LogP contribution in [0, 0.1) is 0 Å². The molecule has 114 valence electrons. The lowest BCUT2D eigenvalue weighted by molar-refractivity contribution is 0.414. The number of nitrogens with one attached hydrogen (secondary N) is 1. The van der Waals surface area contributed by atoms with Crippen LogP contribution in [0.1, 0.15) is 31.5 Å². The number of rotatable bonds is 6. The Morgan fingerprint density at radius 1 is 1.38 bits per heavy atom. The van der Waals surface area contributed by atoms with Crippen LogP contribution in [0.15, 0.2) is 34.2 Å². The van der Waals surface area contributed by atoms with E-state index in [4.69, 9.17) is 10.5 Å². The molecule has 1 aromatic carbocycles. The molecular formula is C14H20N4O2S. The van der Waals surface area contributed by atoms with Gasteiger partial charge in [-0.2, -0.15) is 0 Å². The first kappa shape index (κ1) is 15.7. The minimum absolute atomic E-state index is 0.0657. The lowest BCUT2D eigenvalue weighted by Crippen LogP contribution is -2.20. The summed E-state index contributed by atoms with van der Waals surface area (Å²) in [5.41, 5.74) is 7.02. The Labute approximate surface area is 127 Å². The molecule has 1 heterocycles. The quantitative estimate of drug-likeness (QED) is 0.797. The van der Waals surface area contributed by atoms with Gasteiger partial charge in [-0.3, -0.25) is 4.57 Å². The van der Waals surface area contributed by atoms with Gasteiger partial charge in [-0.05, 0) is 31.5 Å². The van der Waals surface area contributed by atoms with Crippen molar-refractivity contribution in [2.75, 3.05) is 12.9 Å². The average molecular weight is 308 g/mol. The van der Waals surface area contributed by atoms with E-state index in [9.17, 15) is 4.79 Å². The molecule has 0 fully saturated rings. The third kappa shape index (κ3) is 3.68. The number of aromatic nitrogens is 3. The second kappa shape index (κ2) is 6.82. The number of hydrogen-bond acceptors (Lipinski definition) is 5. The number of thioether (sulfide) groups is 1. The van der Waals surface area contributed by atoms with Crippen molar-refractivity contribution in [1.82, 2.24) is 14.8 Å². The van der Waals surface area contributed by atoms with E-state index >= 15 is 0 Å². The van der Waals surface area contributed by atoms with E-state index in [1.807, 2.05) is 38.1 Å². The summed E-state index contributed by atoms with van der Waals surface area (Å²) in [6.45, 7) is 3.90. The summed E-state index contributed by atoms with van der Waals surface area (Å²) in [5, 5.41) is 7.18. The van der Waals surface area contributed by atoms with Gasteiger partial charge in [0.15, 0.2) is 5.16 Å². The molecule has 1 atom stereocenters. The minimum Gasteiger partial charge on any atom is -0.497 e. The maximum absolute atomic E-state index is 11.7. The van der Waals surface area contributed by atoms with Gasteiger partial charge in [-0.1, -0.05) is 23.9 Å². The third-order valence-corrected chi connectivity index (χ3v) is 4.20. The van der Waals surface area contributed by atoms with Crippen LogP contribution in [0.25, 0.3) is 0 Å². The van der Waals surface area contributed by atoms with Crippen LogP contribution in [-0.4, -0.2) is 27.6 Å². The van der Waals surface area contributed by atoms with Crippen LogP contribution in [0.3, 0.4) is 0 Å². The normalized spacial score (nSPS) is 12.6. The molecule has 3 N–H and O–H groups in total. The molecule has 0 saturated carbocycles. The van der Waals surface area contributed by atoms with Gasteiger partial charge in [-0.15, -0.1) is 5.10 Å². The van der Waals surface area contributed by atoms with Crippen LogP contribution in [0.5, 0.6) is 5.75 Å². The largest absolute Gasteiger partial charge is 0.497 e. The zero-order valence-electron chi connectivity index (χ0n) is 12.4. The summed E-state index contributed by atoms with van der Waals surface area (Å²) < 4.78 is 6.76. The molecule has 7 heteroatoms. The van der Waals surface area contributed by atoms with Gasteiger partial charge in [0.2, 0.25) is 0 Å². The molecule has 0 aliphatic heterocycles. The second-order valence-corrected chi connectivity index (χ2v) is 5.95. The molecule has 0 spiro atoms. The van der Waals surface area contributed by atoms with Gasteiger partial charge >= 0.3 is 5.69 Å². The second-order valence-electron chi connectivity index (χ2n) is 4.97. The van der Waals surface area contributed by atoms with Crippen molar-refractivity contribution in [3.05, 3.63) is 40.3 Å². The first-order chi connectivity index (χ1) is 10.0. The first-order valence-electron chi connectivity index (χ1n) is 6.72. The van der Waals surface area contributed by atoms with E-state index in [2.05, 4.69) is 10.2 Å². The van der Waals surface area contributed by atoms with Gasteiger partial charge in [-0.25, -0.2) is 9.89 Å². The zero-order chi connectivity index (χ0) is 15.4. The fourth-order valence-electron chi connectivity index (χ4n) is 1.96. The topological polar surface area (TPSA) is 85.9 Å². The van der Waals surface area contributed by atoms with Crippen LogP contribution >= 0.6 is 11.8 Å². The summed E-state index contributed by atoms with van der Waals surface area (Å²) in [6, 6.07) is 7.61. The summed E-state index contributed by atoms with van der Waals surface area (Å²) in [6.07, 6.45) is 0. The molecule has 0 aliphatic rings. The summed E-state index contributed by atoms with van der Waals surface area (Å²) in [7, 11) is 1.63. The van der Waals surface area contributed by atoms with Crippen molar-refractivity contribution in [2.24, 2.45) is 5.73 Å². The monoisotopic (exact) mass is 308 g/mol. The highest BCUT2D eigenvalue weighted by Gasteiger charge is 2.14. The molecule has 1 aromatic heterocycles. The maximum Gasteiger partial charge on any atom is 0.344 e. The Hall–Kier alpha value is -1.73. The Kier molecular flexibility index (Phi) is 5.08. The smallest absolute Gasteiger partial charge is 0.344 e. The number of H-pyrrole nitrogens is 1. The lowest BCUT2D eigenvalue weighted by atomic mass is 10.1. The average Bonchev–Trinajstić information content (AvgIpc) is 2.86. The lowest BCUT2D eigenvalue weighted by Gasteiger charge is -2.13. The Bertz CT molecular complexity index is 633. The highest BCUT2D eigenvalue weighted by Crippen LogP contribution is 2.23. The predicted molar refractivity (Wildman–Crippen MR) is 83.9 cm³/mol. The van der Waals surface area contributed by atoms with E-state index in [1.54, 1.807) is 11.7 Å². The highest BCUT2D eigenvalue weighted by atomic mass is 32.2. The fraction of sp³-hybridized carbons (Fsp3) is 0.429. The number of methoxy groups -OCH3 is 1. The van der Waals surface area contributed by atoms with Crippen molar-refractivity contribution in [3.8, 4) is 5.75 Å². The molecule has 2 rings (SSSR count). The number of benzene rings is 1. The Balaban J connectivity index is 2.03. The van der Waals surface area contributed by atoms with Gasteiger partial charge in [0, 0.05) is 17.8 Å². The van der Waals surface area contributed by atoms with Crippen LogP contribution in [0.4, 0.5) is 0 Å². The number of aromatic amines is 1. The molecule has 0 saturated heterocycles. The molecule has 0 bridgehead atoms. The Morgan fingerprint density at radius 3 is 2.62 bits per heavy atom.